The third-order valence-electron chi connectivity index (χ3n) is 2.68. The fourth-order valence-corrected chi connectivity index (χ4v) is 1.88. The van der Waals surface area contributed by atoms with Crippen LogP contribution in [-0.2, 0) is 4.74 Å². The molecule has 2 N–H and O–H groups in total. The number of anilines is 1. The first-order chi connectivity index (χ1) is 9.20. The molecule has 1 unspecified atom stereocenters. The van der Waals surface area contributed by atoms with Gasteiger partial charge in [0.1, 0.15) is 0 Å². The zero-order chi connectivity index (χ0) is 13.7. The maximum Gasteiger partial charge on any atom is 0.319 e. The second-order valence-corrected chi connectivity index (χ2v) is 4.34. The topological polar surface area (TPSA) is 63.2 Å². The van der Waals surface area contributed by atoms with Gasteiger partial charge in [0, 0.05) is 18.7 Å². The number of pyridine rings is 1. The molecule has 0 saturated carbocycles. The number of methoxy groups -OCH3 is 1. The van der Waals surface area contributed by atoms with Gasteiger partial charge in [0.25, 0.3) is 0 Å². The summed E-state index contributed by atoms with van der Waals surface area (Å²) in [5.41, 5.74) is 1.47. The van der Waals surface area contributed by atoms with Crippen LogP contribution >= 0.6 is 0 Å². The molecule has 1 aromatic carbocycles. The van der Waals surface area contributed by atoms with Gasteiger partial charge in [-0.1, -0.05) is 18.2 Å². The van der Waals surface area contributed by atoms with Gasteiger partial charge in [-0.2, -0.15) is 0 Å². The molecule has 2 aromatic rings. The minimum absolute atomic E-state index is 0.0482. The van der Waals surface area contributed by atoms with Crippen LogP contribution in [0.1, 0.15) is 6.92 Å². The van der Waals surface area contributed by atoms with Gasteiger partial charge in [-0.3, -0.25) is 4.98 Å². The van der Waals surface area contributed by atoms with Crippen LogP contribution in [0.4, 0.5) is 10.5 Å². The highest BCUT2D eigenvalue weighted by molar-refractivity contribution is 5.99. The van der Waals surface area contributed by atoms with Crippen molar-refractivity contribution in [2.75, 3.05) is 19.0 Å². The number of benzene rings is 1. The number of carbonyl (C=O) groups is 1. The van der Waals surface area contributed by atoms with E-state index in [-0.39, 0.29) is 12.1 Å². The molecule has 0 saturated heterocycles. The predicted octanol–water partition coefficient (Wildman–Crippen LogP) is 2.39. The number of para-hydroxylation sites is 1. The standard InChI is InChI=1S/C14H17N3O2/c1-10(9-19-2)16-14(18)17-12-7-3-5-11-6-4-8-15-13(11)12/h3-8,10H,9H2,1-2H3,(H2,16,17,18). The Hall–Kier alpha value is -2.14. The Bertz CT molecular complexity index is 566. The summed E-state index contributed by atoms with van der Waals surface area (Å²) in [6, 6.07) is 9.19. The lowest BCUT2D eigenvalue weighted by molar-refractivity contribution is 0.173. The first kappa shape index (κ1) is 13.3. The van der Waals surface area contributed by atoms with Crippen LogP contribution in [0.25, 0.3) is 10.9 Å². The van der Waals surface area contributed by atoms with E-state index in [4.69, 9.17) is 4.74 Å². The van der Waals surface area contributed by atoms with Gasteiger partial charge in [-0.25, -0.2) is 4.79 Å². The number of nitrogens with zero attached hydrogens (tertiary/aromatic N) is 1. The predicted molar refractivity (Wildman–Crippen MR) is 75.2 cm³/mol. The number of urea groups is 1. The molecular formula is C14H17N3O2. The number of carbonyl (C=O) groups excluding carboxylic acids is 1. The van der Waals surface area contributed by atoms with Crippen LogP contribution in [0.3, 0.4) is 0 Å². The van der Waals surface area contributed by atoms with E-state index in [1.165, 1.54) is 0 Å². The van der Waals surface area contributed by atoms with Gasteiger partial charge in [0.2, 0.25) is 0 Å². The van der Waals surface area contributed by atoms with Crippen LogP contribution in [0.2, 0.25) is 0 Å². The Morgan fingerprint density at radius 3 is 2.95 bits per heavy atom. The number of aromatic nitrogens is 1. The lowest BCUT2D eigenvalue weighted by Crippen LogP contribution is -2.38. The molecule has 2 amide bonds. The molecule has 0 fully saturated rings. The molecular weight excluding hydrogens is 242 g/mol. The molecule has 1 heterocycles. The maximum atomic E-state index is 11.8. The van der Waals surface area contributed by atoms with Crippen LogP contribution < -0.4 is 10.6 Å². The first-order valence-electron chi connectivity index (χ1n) is 6.11. The van der Waals surface area contributed by atoms with Crippen molar-refractivity contribution in [3.8, 4) is 0 Å². The summed E-state index contributed by atoms with van der Waals surface area (Å²) in [5, 5.41) is 6.59. The molecule has 5 heteroatoms. The lowest BCUT2D eigenvalue weighted by atomic mass is 10.2. The smallest absolute Gasteiger partial charge is 0.319 e. The van der Waals surface area contributed by atoms with Gasteiger partial charge in [0.05, 0.1) is 23.9 Å². The summed E-state index contributed by atoms with van der Waals surface area (Å²) in [4.78, 5) is 16.1. The summed E-state index contributed by atoms with van der Waals surface area (Å²) in [5.74, 6) is 0. The lowest BCUT2D eigenvalue weighted by Gasteiger charge is -2.14. The minimum atomic E-state index is -0.261. The maximum absolute atomic E-state index is 11.8. The molecule has 0 aliphatic heterocycles. The van der Waals surface area contributed by atoms with E-state index in [1.54, 1.807) is 13.3 Å². The normalized spacial score (nSPS) is 12.1. The molecule has 5 nitrogen and oxygen atoms in total. The number of amides is 2. The van der Waals surface area contributed by atoms with E-state index in [0.29, 0.717) is 12.3 Å². The minimum Gasteiger partial charge on any atom is -0.383 e. The average Bonchev–Trinajstić information content (AvgIpc) is 2.39. The van der Waals surface area contributed by atoms with E-state index in [9.17, 15) is 4.79 Å². The van der Waals surface area contributed by atoms with Crippen molar-refractivity contribution in [3.63, 3.8) is 0 Å². The van der Waals surface area contributed by atoms with Crippen molar-refractivity contribution in [2.45, 2.75) is 13.0 Å². The molecule has 0 bridgehead atoms. The van der Waals surface area contributed by atoms with E-state index in [0.717, 1.165) is 10.9 Å². The van der Waals surface area contributed by atoms with Crippen LogP contribution in [-0.4, -0.2) is 30.8 Å². The molecule has 0 radical (unpaired) electrons. The van der Waals surface area contributed by atoms with Crippen LogP contribution in [0, 0.1) is 0 Å². The highest BCUT2D eigenvalue weighted by atomic mass is 16.5. The van der Waals surface area contributed by atoms with Crippen molar-refractivity contribution in [1.82, 2.24) is 10.3 Å². The first-order valence-corrected chi connectivity index (χ1v) is 6.11. The summed E-state index contributed by atoms with van der Waals surface area (Å²) >= 11 is 0. The number of fused-ring (bicyclic) bond motifs is 1. The van der Waals surface area contributed by atoms with Crippen LogP contribution in [0.5, 0.6) is 0 Å². The highest BCUT2D eigenvalue weighted by Crippen LogP contribution is 2.20. The Morgan fingerprint density at radius 1 is 1.37 bits per heavy atom. The molecule has 1 aromatic heterocycles. The van der Waals surface area contributed by atoms with Gasteiger partial charge >= 0.3 is 6.03 Å². The number of hydrogen-bond donors (Lipinski definition) is 2. The van der Waals surface area contributed by atoms with Gasteiger partial charge in [-0.05, 0) is 19.1 Å². The van der Waals surface area contributed by atoms with Crippen molar-refractivity contribution < 1.29 is 9.53 Å². The molecule has 1 atom stereocenters. The van der Waals surface area contributed by atoms with Gasteiger partial charge in [0.15, 0.2) is 0 Å². The zero-order valence-electron chi connectivity index (χ0n) is 11.0. The fourth-order valence-electron chi connectivity index (χ4n) is 1.88. The van der Waals surface area contributed by atoms with Crippen molar-refractivity contribution in [3.05, 3.63) is 36.5 Å². The molecule has 100 valence electrons. The van der Waals surface area contributed by atoms with Gasteiger partial charge in [-0.15, -0.1) is 0 Å². The molecule has 0 spiro atoms. The van der Waals surface area contributed by atoms with Gasteiger partial charge < -0.3 is 15.4 Å². The molecule has 2 rings (SSSR count). The Balaban J connectivity index is 2.11. The summed E-state index contributed by atoms with van der Waals surface area (Å²) < 4.78 is 4.97. The number of rotatable bonds is 4. The quantitative estimate of drug-likeness (QED) is 0.886. The van der Waals surface area contributed by atoms with E-state index < -0.39 is 0 Å². The average molecular weight is 259 g/mol. The van der Waals surface area contributed by atoms with Crippen molar-refractivity contribution in [2.24, 2.45) is 0 Å². The highest BCUT2D eigenvalue weighted by Gasteiger charge is 2.09. The molecule has 19 heavy (non-hydrogen) atoms. The van der Waals surface area contributed by atoms with E-state index >= 15 is 0 Å². The molecule has 0 aliphatic carbocycles. The zero-order valence-corrected chi connectivity index (χ0v) is 11.0. The van der Waals surface area contributed by atoms with E-state index in [1.807, 2.05) is 37.3 Å². The second kappa shape index (κ2) is 6.15. The van der Waals surface area contributed by atoms with E-state index in [2.05, 4.69) is 15.6 Å². The van der Waals surface area contributed by atoms with Crippen molar-refractivity contribution >= 4 is 22.6 Å². The fraction of sp³-hybridized carbons (Fsp3) is 0.286. The number of hydrogen-bond acceptors (Lipinski definition) is 3. The third-order valence-corrected chi connectivity index (χ3v) is 2.68. The Kier molecular flexibility index (Phi) is 4.30. The Morgan fingerprint density at radius 2 is 2.16 bits per heavy atom. The monoisotopic (exact) mass is 259 g/mol. The SMILES string of the molecule is COCC(C)NC(=O)Nc1cccc2cccnc12. The Labute approximate surface area is 112 Å². The number of ether oxygens (including phenoxy) is 1. The third kappa shape index (κ3) is 3.42. The summed E-state index contributed by atoms with van der Waals surface area (Å²) in [7, 11) is 1.60. The second-order valence-electron chi connectivity index (χ2n) is 4.34. The molecule has 0 aliphatic rings. The van der Waals surface area contributed by atoms with Crippen molar-refractivity contribution in [1.29, 1.82) is 0 Å². The van der Waals surface area contributed by atoms with Crippen LogP contribution in [0.15, 0.2) is 36.5 Å². The largest absolute Gasteiger partial charge is 0.383 e. The summed E-state index contributed by atoms with van der Waals surface area (Å²) in [6.45, 7) is 2.35. The summed E-state index contributed by atoms with van der Waals surface area (Å²) in [6.07, 6.45) is 1.71. The number of nitrogens with one attached hydrogen (secondary N) is 2.